The molecule has 3 nitrogen and oxygen atoms in total. The third kappa shape index (κ3) is 2.93. The number of anilines is 1. The second kappa shape index (κ2) is 5.86. The molecule has 1 unspecified atom stereocenters. The lowest BCUT2D eigenvalue weighted by atomic mass is 10.0. The molecule has 0 aliphatic carbocycles. The molecule has 1 aliphatic rings. The average molecular weight is 281 g/mol. The lowest BCUT2D eigenvalue weighted by Gasteiger charge is -2.20. The Bertz CT molecular complexity index is 636. The number of aromatic nitrogens is 1. The summed E-state index contributed by atoms with van der Waals surface area (Å²) in [5.41, 5.74) is 6.73. The Labute approximate surface area is 127 Å². The third-order valence-electron chi connectivity index (χ3n) is 4.33. The highest BCUT2D eigenvalue weighted by atomic mass is 15.1. The molecule has 0 amide bonds. The fourth-order valence-electron chi connectivity index (χ4n) is 3.01. The minimum absolute atomic E-state index is 0.408. The van der Waals surface area contributed by atoms with Gasteiger partial charge in [-0.2, -0.15) is 0 Å². The Kier molecular flexibility index (Phi) is 3.93. The van der Waals surface area contributed by atoms with Gasteiger partial charge in [-0.15, -0.1) is 0 Å². The van der Waals surface area contributed by atoms with E-state index >= 15 is 0 Å². The number of benzene rings is 1. The molecule has 1 N–H and O–H groups in total. The van der Waals surface area contributed by atoms with E-state index in [-0.39, 0.29) is 0 Å². The lowest BCUT2D eigenvalue weighted by molar-refractivity contribution is 0.652. The molecule has 1 aromatic carbocycles. The first kappa shape index (κ1) is 14.1. The molecule has 0 saturated carbocycles. The van der Waals surface area contributed by atoms with E-state index in [0.717, 1.165) is 19.5 Å². The molecule has 2 heterocycles. The van der Waals surface area contributed by atoms with E-state index in [2.05, 4.69) is 53.3 Å². The van der Waals surface area contributed by atoms with Crippen molar-refractivity contribution in [3.63, 3.8) is 0 Å². The number of rotatable bonds is 4. The summed E-state index contributed by atoms with van der Waals surface area (Å²) in [4.78, 5) is 6.75. The molecule has 0 saturated heterocycles. The number of nitrogens with one attached hydrogen (secondary N) is 1. The summed E-state index contributed by atoms with van der Waals surface area (Å²) in [6, 6.07) is 9.50. The van der Waals surface area contributed by atoms with Crippen LogP contribution in [0.5, 0.6) is 0 Å². The Morgan fingerprint density at radius 2 is 2.14 bits per heavy atom. The van der Waals surface area contributed by atoms with Crippen molar-refractivity contribution in [3.8, 4) is 0 Å². The largest absolute Gasteiger partial charge is 0.367 e. The van der Waals surface area contributed by atoms with Crippen molar-refractivity contribution in [1.82, 2.24) is 10.3 Å². The van der Waals surface area contributed by atoms with Gasteiger partial charge in [0.1, 0.15) is 0 Å². The van der Waals surface area contributed by atoms with Gasteiger partial charge in [-0.25, -0.2) is 0 Å². The van der Waals surface area contributed by atoms with E-state index in [4.69, 9.17) is 0 Å². The van der Waals surface area contributed by atoms with Gasteiger partial charge < -0.3 is 10.2 Å². The predicted molar refractivity (Wildman–Crippen MR) is 87.6 cm³/mol. The van der Waals surface area contributed by atoms with Gasteiger partial charge in [-0.05, 0) is 55.6 Å². The molecular formula is C18H23N3. The first-order valence-electron chi connectivity index (χ1n) is 7.63. The minimum atomic E-state index is 0.408. The summed E-state index contributed by atoms with van der Waals surface area (Å²) < 4.78 is 0. The Balaban J connectivity index is 1.81. The Hall–Kier alpha value is -1.87. The van der Waals surface area contributed by atoms with Gasteiger partial charge in [0.2, 0.25) is 0 Å². The highest BCUT2D eigenvalue weighted by Crippen LogP contribution is 2.31. The van der Waals surface area contributed by atoms with Gasteiger partial charge in [0, 0.05) is 37.2 Å². The molecule has 3 heteroatoms. The van der Waals surface area contributed by atoms with E-state index in [1.807, 2.05) is 19.4 Å². The number of hydrogen-bond acceptors (Lipinski definition) is 3. The van der Waals surface area contributed by atoms with E-state index in [1.165, 1.54) is 27.9 Å². The van der Waals surface area contributed by atoms with Crippen LogP contribution in [-0.2, 0) is 13.0 Å². The first-order chi connectivity index (χ1) is 10.2. The predicted octanol–water partition coefficient (Wildman–Crippen LogP) is 3.23. The second-order valence-corrected chi connectivity index (χ2v) is 5.94. The molecule has 1 atom stereocenters. The van der Waals surface area contributed by atoms with Gasteiger partial charge in [0.15, 0.2) is 0 Å². The van der Waals surface area contributed by atoms with Crippen LogP contribution in [-0.4, -0.2) is 18.6 Å². The van der Waals surface area contributed by atoms with Crippen LogP contribution in [0.4, 0.5) is 5.69 Å². The quantitative estimate of drug-likeness (QED) is 0.932. The minimum Gasteiger partial charge on any atom is -0.367 e. The zero-order chi connectivity index (χ0) is 14.8. The van der Waals surface area contributed by atoms with Crippen LogP contribution < -0.4 is 10.2 Å². The number of nitrogens with zero attached hydrogens (tertiary/aromatic N) is 2. The summed E-state index contributed by atoms with van der Waals surface area (Å²) in [6.45, 7) is 6.34. The van der Waals surface area contributed by atoms with Crippen LogP contribution in [0.1, 0.15) is 35.2 Å². The van der Waals surface area contributed by atoms with Crippen LogP contribution in [0, 0.1) is 6.92 Å². The van der Waals surface area contributed by atoms with Crippen LogP contribution in [0.2, 0.25) is 0 Å². The SMILES string of the molecule is CNC(C)c1ccc2c(c1)CCN2Cc1cncc(C)c1. The van der Waals surface area contributed by atoms with Crippen LogP contribution >= 0.6 is 0 Å². The molecule has 0 spiro atoms. The molecule has 1 aromatic heterocycles. The highest BCUT2D eigenvalue weighted by molar-refractivity contribution is 5.59. The Morgan fingerprint density at radius 3 is 2.90 bits per heavy atom. The molecule has 21 heavy (non-hydrogen) atoms. The maximum atomic E-state index is 4.30. The summed E-state index contributed by atoms with van der Waals surface area (Å²) in [6.07, 6.45) is 5.02. The van der Waals surface area contributed by atoms with Crippen molar-refractivity contribution in [2.24, 2.45) is 0 Å². The van der Waals surface area contributed by atoms with Gasteiger partial charge in [0.05, 0.1) is 0 Å². The maximum absolute atomic E-state index is 4.30. The van der Waals surface area contributed by atoms with Gasteiger partial charge in [0.25, 0.3) is 0 Å². The van der Waals surface area contributed by atoms with Crippen LogP contribution in [0.3, 0.4) is 0 Å². The molecular weight excluding hydrogens is 258 g/mol. The first-order valence-corrected chi connectivity index (χ1v) is 7.63. The molecule has 1 aliphatic heterocycles. The van der Waals surface area contributed by atoms with E-state index in [0.29, 0.717) is 6.04 Å². The topological polar surface area (TPSA) is 28.2 Å². The van der Waals surface area contributed by atoms with E-state index < -0.39 is 0 Å². The van der Waals surface area contributed by atoms with Crippen molar-refractivity contribution in [2.75, 3.05) is 18.5 Å². The van der Waals surface area contributed by atoms with Gasteiger partial charge in [-0.3, -0.25) is 4.98 Å². The fourth-order valence-corrected chi connectivity index (χ4v) is 3.01. The average Bonchev–Trinajstić information content (AvgIpc) is 2.89. The lowest BCUT2D eigenvalue weighted by Crippen LogP contribution is -2.19. The standard InChI is InChI=1S/C18H23N3/c1-13-8-15(11-20-10-13)12-21-7-6-17-9-16(14(2)19-3)4-5-18(17)21/h4-5,8-11,14,19H,6-7,12H2,1-3H3. The Morgan fingerprint density at radius 1 is 1.29 bits per heavy atom. The smallest absolute Gasteiger partial charge is 0.0445 e. The molecule has 3 rings (SSSR count). The maximum Gasteiger partial charge on any atom is 0.0445 e. The van der Waals surface area contributed by atoms with Crippen LogP contribution in [0.15, 0.2) is 36.7 Å². The second-order valence-electron chi connectivity index (χ2n) is 5.94. The molecule has 0 fully saturated rings. The van der Waals surface area contributed by atoms with E-state index in [1.54, 1.807) is 0 Å². The number of pyridine rings is 1. The summed E-state index contributed by atoms with van der Waals surface area (Å²) in [5, 5.41) is 3.31. The molecule has 0 bridgehead atoms. The van der Waals surface area contributed by atoms with Crippen molar-refractivity contribution in [1.29, 1.82) is 0 Å². The van der Waals surface area contributed by atoms with Gasteiger partial charge >= 0.3 is 0 Å². The van der Waals surface area contributed by atoms with Crippen molar-refractivity contribution in [2.45, 2.75) is 32.9 Å². The number of fused-ring (bicyclic) bond motifs is 1. The van der Waals surface area contributed by atoms with E-state index in [9.17, 15) is 0 Å². The monoisotopic (exact) mass is 281 g/mol. The summed E-state index contributed by atoms with van der Waals surface area (Å²) in [5.74, 6) is 0. The third-order valence-corrected chi connectivity index (χ3v) is 4.33. The zero-order valence-corrected chi connectivity index (χ0v) is 13.1. The van der Waals surface area contributed by atoms with Crippen molar-refractivity contribution < 1.29 is 0 Å². The molecule has 0 radical (unpaired) electrons. The zero-order valence-electron chi connectivity index (χ0n) is 13.1. The fraction of sp³-hybridized carbons (Fsp3) is 0.389. The van der Waals surface area contributed by atoms with Gasteiger partial charge in [-0.1, -0.05) is 18.2 Å². The van der Waals surface area contributed by atoms with Crippen LogP contribution in [0.25, 0.3) is 0 Å². The molecule has 2 aromatic rings. The normalized spacial score (nSPS) is 15.1. The number of hydrogen-bond donors (Lipinski definition) is 1. The molecule has 110 valence electrons. The van der Waals surface area contributed by atoms with Crippen molar-refractivity contribution >= 4 is 5.69 Å². The summed E-state index contributed by atoms with van der Waals surface area (Å²) in [7, 11) is 2.01. The summed E-state index contributed by atoms with van der Waals surface area (Å²) >= 11 is 0. The number of aryl methyl sites for hydroxylation is 1. The highest BCUT2D eigenvalue weighted by Gasteiger charge is 2.20. The van der Waals surface area contributed by atoms with Crippen molar-refractivity contribution in [3.05, 3.63) is 58.9 Å².